The summed E-state index contributed by atoms with van der Waals surface area (Å²) in [6, 6.07) is 29.4. The average Bonchev–Trinajstić information content (AvgIpc) is 2.89. The van der Waals surface area contributed by atoms with Crippen LogP contribution in [-0.4, -0.2) is 9.97 Å². The monoisotopic (exact) mass is 536 g/mol. The fraction of sp³-hybridized carbons (Fsp3) is 0.0333. The predicted octanol–water partition coefficient (Wildman–Crippen LogP) is 7.56. The van der Waals surface area contributed by atoms with E-state index in [0.717, 1.165) is 31.8 Å². The Labute approximate surface area is 214 Å². The van der Waals surface area contributed by atoms with Crippen LogP contribution in [0.2, 0.25) is 0 Å². The van der Waals surface area contributed by atoms with Gasteiger partial charge in [0.2, 0.25) is 0 Å². The van der Waals surface area contributed by atoms with Gasteiger partial charge in [0.15, 0.2) is 0 Å². The van der Waals surface area contributed by atoms with Crippen molar-refractivity contribution in [1.82, 2.24) is 9.97 Å². The number of hydrogen-bond donors (Lipinski definition) is 0. The van der Waals surface area contributed by atoms with Crippen molar-refractivity contribution in [1.29, 1.82) is 0 Å². The minimum Gasteiger partial charge on any atom is -0.422 e. The van der Waals surface area contributed by atoms with Gasteiger partial charge >= 0.3 is 5.63 Å². The molecule has 4 nitrogen and oxygen atoms in total. The highest BCUT2D eigenvalue weighted by molar-refractivity contribution is 9.10. The summed E-state index contributed by atoms with van der Waals surface area (Å²) in [4.78, 5) is 22.6. The lowest BCUT2D eigenvalue weighted by atomic mass is 10.0. The molecule has 0 saturated heterocycles. The second kappa shape index (κ2) is 9.13. The molecule has 174 valence electrons. The number of hydrogen-bond acceptors (Lipinski definition) is 4. The van der Waals surface area contributed by atoms with E-state index in [1.54, 1.807) is 18.2 Å². The van der Waals surface area contributed by atoms with E-state index in [2.05, 4.69) is 15.9 Å². The SMILES string of the molecule is O=c1oc2ccc3ccccc3c2cc1-c1cc(-c2ccccc2Br)nc(Cc2ccc(F)cc2)n1. The van der Waals surface area contributed by atoms with E-state index < -0.39 is 5.63 Å². The lowest BCUT2D eigenvalue weighted by Gasteiger charge is -2.11. The second-order valence-corrected chi connectivity index (χ2v) is 9.34. The number of fused-ring (bicyclic) bond motifs is 3. The zero-order chi connectivity index (χ0) is 24.6. The number of nitrogens with zero attached hydrogens (tertiary/aromatic N) is 2. The molecule has 0 fully saturated rings. The fourth-order valence-electron chi connectivity index (χ4n) is 4.36. The van der Waals surface area contributed by atoms with E-state index in [4.69, 9.17) is 14.4 Å². The molecule has 0 amide bonds. The Kier molecular flexibility index (Phi) is 5.66. The largest absolute Gasteiger partial charge is 0.422 e. The summed E-state index contributed by atoms with van der Waals surface area (Å²) in [5.74, 6) is 0.214. The van der Waals surface area contributed by atoms with Gasteiger partial charge in [0, 0.05) is 21.8 Å². The topological polar surface area (TPSA) is 56.0 Å². The minimum atomic E-state index is -0.470. The molecule has 0 aliphatic heterocycles. The first-order valence-electron chi connectivity index (χ1n) is 11.4. The number of aromatic nitrogens is 2. The van der Waals surface area contributed by atoms with Gasteiger partial charge < -0.3 is 4.42 Å². The van der Waals surface area contributed by atoms with E-state index in [9.17, 15) is 9.18 Å². The first-order valence-corrected chi connectivity index (χ1v) is 12.2. The fourth-order valence-corrected chi connectivity index (χ4v) is 4.84. The molecule has 0 unspecified atom stereocenters. The van der Waals surface area contributed by atoms with Gasteiger partial charge in [0.1, 0.15) is 17.2 Å². The lowest BCUT2D eigenvalue weighted by Crippen LogP contribution is -2.07. The van der Waals surface area contributed by atoms with Crippen molar-refractivity contribution < 1.29 is 8.81 Å². The normalized spacial score (nSPS) is 11.3. The number of halogens is 2. The molecule has 4 aromatic carbocycles. The van der Waals surface area contributed by atoms with Gasteiger partial charge in [-0.25, -0.2) is 19.2 Å². The second-order valence-electron chi connectivity index (χ2n) is 8.48. The van der Waals surface area contributed by atoms with Crippen LogP contribution in [0.3, 0.4) is 0 Å². The molecule has 36 heavy (non-hydrogen) atoms. The van der Waals surface area contributed by atoms with E-state index in [-0.39, 0.29) is 5.82 Å². The van der Waals surface area contributed by atoms with Crippen LogP contribution in [-0.2, 0) is 6.42 Å². The van der Waals surface area contributed by atoms with Crippen molar-refractivity contribution in [3.05, 3.63) is 129 Å². The molecule has 0 saturated carbocycles. The van der Waals surface area contributed by atoms with Crippen LogP contribution in [0.15, 0.2) is 111 Å². The minimum absolute atomic E-state index is 0.302. The summed E-state index contributed by atoms with van der Waals surface area (Å²) < 4.78 is 20.0. The van der Waals surface area contributed by atoms with Gasteiger partial charge in [0.05, 0.1) is 17.0 Å². The van der Waals surface area contributed by atoms with Crippen molar-refractivity contribution in [3.63, 3.8) is 0 Å². The lowest BCUT2D eigenvalue weighted by molar-refractivity contribution is 0.563. The number of rotatable bonds is 4. The van der Waals surface area contributed by atoms with Gasteiger partial charge in [-0.05, 0) is 52.7 Å². The van der Waals surface area contributed by atoms with Crippen LogP contribution < -0.4 is 5.63 Å². The van der Waals surface area contributed by atoms with Gasteiger partial charge in [-0.2, -0.15) is 0 Å². The summed E-state index contributed by atoms with van der Waals surface area (Å²) in [6.07, 6.45) is 0.382. The Morgan fingerprint density at radius 2 is 1.47 bits per heavy atom. The third-order valence-corrected chi connectivity index (χ3v) is 6.81. The molecule has 0 radical (unpaired) electrons. The van der Waals surface area contributed by atoms with Crippen molar-refractivity contribution in [2.45, 2.75) is 6.42 Å². The Bertz CT molecular complexity index is 1810. The van der Waals surface area contributed by atoms with E-state index >= 15 is 0 Å². The van der Waals surface area contributed by atoms with Crippen molar-refractivity contribution in [2.24, 2.45) is 0 Å². The molecule has 0 N–H and O–H groups in total. The highest BCUT2D eigenvalue weighted by atomic mass is 79.9. The molecule has 0 spiro atoms. The summed E-state index contributed by atoms with van der Waals surface area (Å²) in [6.45, 7) is 0. The van der Waals surface area contributed by atoms with Gasteiger partial charge in [0.25, 0.3) is 0 Å². The van der Waals surface area contributed by atoms with Gasteiger partial charge in [-0.3, -0.25) is 0 Å². The summed E-state index contributed by atoms with van der Waals surface area (Å²) in [5.41, 5.74) is 3.28. The maximum atomic E-state index is 13.4. The predicted molar refractivity (Wildman–Crippen MR) is 143 cm³/mol. The third-order valence-electron chi connectivity index (χ3n) is 6.12. The van der Waals surface area contributed by atoms with E-state index in [0.29, 0.717) is 34.8 Å². The van der Waals surface area contributed by atoms with Crippen LogP contribution in [0.5, 0.6) is 0 Å². The van der Waals surface area contributed by atoms with Crippen molar-refractivity contribution >= 4 is 37.7 Å². The molecule has 6 heteroatoms. The number of benzene rings is 4. The van der Waals surface area contributed by atoms with Gasteiger partial charge in [-0.15, -0.1) is 0 Å². The molecule has 6 aromatic rings. The van der Waals surface area contributed by atoms with Crippen LogP contribution in [0.25, 0.3) is 44.3 Å². The average molecular weight is 537 g/mol. The van der Waals surface area contributed by atoms with E-state index in [1.165, 1.54) is 12.1 Å². The Hall–Kier alpha value is -4.16. The van der Waals surface area contributed by atoms with Crippen molar-refractivity contribution in [3.8, 4) is 22.5 Å². The smallest absolute Gasteiger partial charge is 0.345 e. The highest BCUT2D eigenvalue weighted by Gasteiger charge is 2.16. The van der Waals surface area contributed by atoms with E-state index in [1.807, 2.05) is 66.7 Å². The molecule has 0 bridgehead atoms. The van der Waals surface area contributed by atoms with Crippen LogP contribution in [0.1, 0.15) is 11.4 Å². The molecular weight excluding hydrogens is 519 g/mol. The molecule has 0 aliphatic carbocycles. The first kappa shape index (κ1) is 22.3. The Morgan fingerprint density at radius 1 is 0.750 bits per heavy atom. The van der Waals surface area contributed by atoms with Crippen LogP contribution >= 0.6 is 15.9 Å². The summed E-state index contributed by atoms with van der Waals surface area (Å²) in [5, 5.41) is 2.88. The highest BCUT2D eigenvalue weighted by Crippen LogP contribution is 2.31. The molecular formula is C30H18BrFN2O2. The Balaban J connectivity index is 1.57. The summed E-state index contributed by atoms with van der Waals surface area (Å²) in [7, 11) is 0. The van der Waals surface area contributed by atoms with Crippen molar-refractivity contribution in [2.75, 3.05) is 0 Å². The molecule has 0 aliphatic rings. The zero-order valence-electron chi connectivity index (χ0n) is 18.9. The standard InChI is InChI=1S/C30H18BrFN2O2/c31-25-8-4-3-7-22(25)26-17-27(34-29(33-26)15-18-9-12-20(32)13-10-18)24-16-23-21-6-2-1-5-19(21)11-14-28(23)36-30(24)35/h1-14,16-17H,15H2. The molecule has 2 aromatic heterocycles. The Morgan fingerprint density at radius 3 is 2.28 bits per heavy atom. The molecule has 2 heterocycles. The maximum absolute atomic E-state index is 13.4. The first-order chi connectivity index (χ1) is 17.5. The summed E-state index contributed by atoms with van der Waals surface area (Å²) >= 11 is 3.61. The van der Waals surface area contributed by atoms with Crippen LogP contribution in [0.4, 0.5) is 4.39 Å². The van der Waals surface area contributed by atoms with Crippen LogP contribution in [0, 0.1) is 5.82 Å². The zero-order valence-corrected chi connectivity index (χ0v) is 20.5. The quantitative estimate of drug-likeness (QED) is 0.172. The third kappa shape index (κ3) is 4.20. The maximum Gasteiger partial charge on any atom is 0.345 e. The molecule has 0 atom stereocenters. The molecule has 6 rings (SSSR count). The van der Waals surface area contributed by atoms with Gasteiger partial charge in [-0.1, -0.05) is 76.6 Å².